The zero-order valence-electron chi connectivity index (χ0n) is 18.1. The van der Waals surface area contributed by atoms with E-state index in [1.165, 1.54) is 16.6 Å². The van der Waals surface area contributed by atoms with Crippen molar-refractivity contribution < 1.29 is 14.0 Å². The van der Waals surface area contributed by atoms with E-state index in [4.69, 9.17) is 4.98 Å². The van der Waals surface area contributed by atoms with Gasteiger partial charge in [-0.2, -0.15) is 0 Å². The smallest absolute Gasteiger partial charge is 0.277 e. The van der Waals surface area contributed by atoms with Crippen LogP contribution in [0.3, 0.4) is 0 Å². The summed E-state index contributed by atoms with van der Waals surface area (Å²) in [5, 5.41) is 3.14. The number of likely N-dealkylation sites (tertiary alicyclic amines) is 1. The third-order valence-corrected chi connectivity index (χ3v) is 7.00. The molecule has 3 aromatic rings. The Labute approximate surface area is 189 Å². The van der Waals surface area contributed by atoms with E-state index in [2.05, 4.69) is 5.10 Å². The largest absolute Gasteiger partial charge is 0.337 e. The highest BCUT2D eigenvalue weighted by molar-refractivity contribution is 5.95. The molecule has 0 bridgehead atoms. The maximum Gasteiger partial charge on any atom is 0.277 e. The summed E-state index contributed by atoms with van der Waals surface area (Å²) >= 11 is 0. The molecule has 2 fully saturated rings. The highest BCUT2D eigenvalue weighted by atomic mass is 19.1. The first-order chi connectivity index (χ1) is 16.0. The van der Waals surface area contributed by atoms with E-state index >= 15 is 0 Å². The Morgan fingerprint density at radius 3 is 2.73 bits per heavy atom. The second kappa shape index (κ2) is 7.54. The Bertz CT molecular complexity index is 1340. The SMILES string of the molecule is O=C(C1CC1)N1CCc2nc3cc(C4CCCN4C(=O)c4ccccc4F)[nH]n3c(=O)c2C1. The van der Waals surface area contributed by atoms with Gasteiger partial charge in [0.05, 0.1) is 35.1 Å². The second-order valence-electron chi connectivity index (χ2n) is 9.17. The summed E-state index contributed by atoms with van der Waals surface area (Å²) in [4.78, 5) is 46.9. The first kappa shape index (κ1) is 20.1. The van der Waals surface area contributed by atoms with Crippen LogP contribution in [0.4, 0.5) is 4.39 Å². The van der Waals surface area contributed by atoms with Gasteiger partial charge in [-0.3, -0.25) is 19.5 Å². The molecule has 1 saturated carbocycles. The molecule has 170 valence electrons. The van der Waals surface area contributed by atoms with Crippen molar-refractivity contribution in [3.8, 4) is 0 Å². The molecule has 1 N–H and O–H groups in total. The third kappa shape index (κ3) is 3.34. The average molecular weight is 449 g/mol. The predicted octanol–water partition coefficient (Wildman–Crippen LogP) is 2.43. The van der Waals surface area contributed by atoms with Gasteiger partial charge in [0.25, 0.3) is 11.5 Å². The van der Waals surface area contributed by atoms with E-state index in [1.54, 1.807) is 28.0 Å². The van der Waals surface area contributed by atoms with Gasteiger partial charge in [-0.25, -0.2) is 13.9 Å². The van der Waals surface area contributed by atoms with Crippen LogP contribution in [0.5, 0.6) is 0 Å². The van der Waals surface area contributed by atoms with E-state index in [9.17, 15) is 18.8 Å². The quantitative estimate of drug-likeness (QED) is 0.665. The predicted molar refractivity (Wildman–Crippen MR) is 117 cm³/mol. The molecule has 3 aliphatic rings. The lowest BCUT2D eigenvalue weighted by molar-refractivity contribution is -0.133. The molecule has 2 amide bonds. The minimum absolute atomic E-state index is 0.0479. The number of hydrogen-bond acceptors (Lipinski definition) is 4. The summed E-state index contributed by atoms with van der Waals surface area (Å²) in [7, 11) is 0. The highest BCUT2D eigenvalue weighted by Gasteiger charge is 2.36. The molecule has 8 nitrogen and oxygen atoms in total. The summed E-state index contributed by atoms with van der Waals surface area (Å²) in [6, 6.07) is 7.50. The minimum atomic E-state index is -0.541. The molecular weight excluding hydrogens is 425 g/mol. The average Bonchev–Trinajstić information content (AvgIpc) is 3.40. The van der Waals surface area contributed by atoms with Crippen molar-refractivity contribution in [2.24, 2.45) is 5.92 Å². The molecule has 0 radical (unpaired) electrons. The number of H-pyrrole nitrogens is 1. The molecular formula is C24H24FN5O3. The summed E-state index contributed by atoms with van der Waals surface area (Å²) < 4.78 is 15.6. The van der Waals surface area contributed by atoms with E-state index in [-0.39, 0.29) is 41.4 Å². The topological polar surface area (TPSA) is 90.8 Å². The molecule has 9 heteroatoms. The van der Waals surface area contributed by atoms with Crippen LogP contribution in [0.25, 0.3) is 5.65 Å². The molecule has 2 aliphatic heterocycles. The number of fused-ring (bicyclic) bond motifs is 2. The molecule has 1 unspecified atom stereocenters. The zero-order chi connectivity index (χ0) is 22.7. The van der Waals surface area contributed by atoms with E-state index in [0.717, 1.165) is 25.0 Å². The monoisotopic (exact) mass is 449 g/mol. The lowest BCUT2D eigenvalue weighted by Gasteiger charge is -2.27. The number of halogens is 1. The lowest BCUT2D eigenvalue weighted by atomic mass is 10.1. The van der Waals surface area contributed by atoms with Gasteiger partial charge < -0.3 is 9.80 Å². The summed E-state index contributed by atoms with van der Waals surface area (Å²) in [5.41, 5.74) is 2.32. The van der Waals surface area contributed by atoms with Gasteiger partial charge in [-0.15, -0.1) is 0 Å². The van der Waals surface area contributed by atoms with Crippen LogP contribution in [0, 0.1) is 11.7 Å². The fourth-order valence-electron chi connectivity index (χ4n) is 5.07. The van der Waals surface area contributed by atoms with Gasteiger partial charge in [-0.1, -0.05) is 12.1 Å². The summed E-state index contributed by atoms with van der Waals surface area (Å²) in [6.07, 6.45) is 3.92. The molecule has 4 heterocycles. The van der Waals surface area contributed by atoms with Gasteiger partial charge >= 0.3 is 0 Å². The molecule has 1 saturated heterocycles. The molecule has 1 aliphatic carbocycles. The van der Waals surface area contributed by atoms with Crippen molar-refractivity contribution in [1.82, 2.24) is 24.4 Å². The molecule has 0 spiro atoms. The van der Waals surface area contributed by atoms with Crippen molar-refractivity contribution in [3.05, 3.63) is 69.0 Å². The van der Waals surface area contributed by atoms with Gasteiger partial charge in [0.1, 0.15) is 5.82 Å². The first-order valence-corrected chi connectivity index (χ1v) is 11.5. The number of rotatable bonds is 3. The van der Waals surface area contributed by atoms with E-state index in [0.29, 0.717) is 42.8 Å². The highest BCUT2D eigenvalue weighted by Crippen LogP contribution is 2.34. The number of aromatic nitrogens is 3. The molecule has 2 aromatic heterocycles. The van der Waals surface area contributed by atoms with Crippen molar-refractivity contribution in [2.75, 3.05) is 13.1 Å². The Kier molecular flexibility index (Phi) is 4.60. The van der Waals surface area contributed by atoms with Gasteiger partial charge in [0.2, 0.25) is 5.91 Å². The van der Waals surface area contributed by atoms with Crippen molar-refractivity contribution >= 4 is 17.5 Å². The Morgan fingerprint density at radius 1 is 1.12 bits per heavy atom. The normalized spacial score (nSPS) is 20.3. The minimum Gasteiger partial charge on any atom is -0.337 e. The third-order valence-electron chi connectivity index (χ3n) is 7.00. The van der Waals surface area contributed by atoms with Crippen LogP contribution >= 0.6 is 0 Å². The summed E-state index contributed by atoms with van der Waals surface area (Å²) in [6.45, 7) is 1.38. The van der Waals surface area contributed by atoms with E-state index < -0.39 is 5.82 Å². The first-order valence-electron chi connectivity index (χ1n) is 11.5. The van der Waals surface area contributed by atoms with E-state index in [1.807, 2.05) is 0 Å². The van der Waals surface area contributed by atoms with Gasteiger partial charge in [0, 0.05) is 31.5 Å². The van der Waals surface area contributed by atoms with Crippen LogP contribution < -0.4 is 5.56 Å². The standard InChI is InChI=1S/C24H24FN5O3/c25-17-5-2-1-4-15(17)23(32)29-10-3-6-20(29)19-12-21-26-18-9-11-28(22(31)14-7-8-14)13-16(18)24(33)30(21)27-19/h1-2,4-5,12,14,20,27H,3,6-11,13H2. The van der Waals surface area contributed by atoms with Crippen LogP contribution in [-0.4, -0.2) is 49.3 Å². The second-order valence-corrected chi connectivity index (χ2v) is 9.17. The maximum absolute atomic E-state index is 14.2. The van der Waals surface area contributed by atoms with Crippen molar-refractivity contribution in [2.45, 2.75) is 44.7 Å². The maximum atomic E-state index is 14.2. The molecule has 6 rings (SSSR count). The zero-order valence-corrected chi connectivity index (χ0v) is 18.1. The number of carbonyl (C=O) groups is 2. The Morgan fingerprint density at radius 2 is 1.94 bits per heavy atom. The fourth-order valence-corrected chi connectivity index (χ4v) is 5.07. The van der Waals surface area contributed by atoms with Crippen LogP contribution in [0.15, 0.2) is 35.1 Å². The molecule has 33 heavy (non-hydrogen) atoms. The Hall–Kier alpha value is -3.49. The van der Waals surface area contributed by atoms with Crippen LogP contribution in [0.2, 0.25) is 0 Å². The Balaban J connectivity index is 1.33. The lowest BCUT2D eigenvalue weighted by Crippen LogP contribution is -2.40. The van der Waals surface area contributed by atoms with Gasteiger partial charge in [0.15, 0.2) is 5.65 Å². The number of nitrogens with zero attached hydrogens (tertiary/aromatic N) is 4. The molecule has 1 aromatic carbocycles. The van der Waals surface area contributed by atoms with Crippen LogP contribution in [-0.2, 0) is 17.8 Å². The van der Waals surface area contributed by atoms with Gasteiger partial charge in [-0.05, 0) is 37.8 Å². The number of aromatic amines is 1. The number of hydrogen-bond donors (Lipinski definition) is 1. The number of benzene rings is 1. The number of amides is 2. The molecule has 1 atom stereocenters. The van der Waals surface area contributed by atoms with Crippen molar-refractivity contribution in [3.63, 3.8) is 0 Å². The summed E-state index contributed by atoms with van der Waals surface area (Å²) in [5.74, 6) is -0.655. The number of carbonyl (C=O) groups excluding carboxylic acids is 2. The van der Waals surface area contributed by atoms with Crippen molar-refractivity contribution in [1.29, 1.82) is 0 Å². The number of nitrogens with one attached hydrogen (secondary N) is 1. The van der Waals surface area contributed by atoms with Crippen LogP contribution in [0.1, 0.15) is 59.0 Å². The fraction of sp³-hybridized carbons (Fsp3) is 0.417.